The minimum atomic E-state index is -3.83. The zero-order chi connectivity index (χ0) is 28.7. The summed E-state index contributed by atoms with van der Waals surface area (Å²) in [7, 11) is -3.83. The lowest BCUT2D eigenvalue weighted by Gasteiger charge is -2.34. The Labute approximate surface area is 236 Å². The first kappa shape index (κ1) is 30.2. The second-order valence-electron chi connectivity index (χ2n) is 10.1. The maximum atomic E-state index is 14.1. The van der Waals surface area contributed by atoms with Gasteiger partial charge in [-0.15, -0.1) is 0 Å². The van der Waals surface area contributed by atoms with E-state index in [1.807, 2.05) is 70.2 Å². The Morgan fingerprint density at radius 3 is 2.08 bits per heavy atom. The predicted octanol–water partition coefficient (Wildman–Crippen LogP) is 4.89. The number of nitrogens with one attached hydrogen (secondary N) is 1. The lowest BCUT2D eigenvalue weighted by atomic mass is 10.0. The Morgan fingerprint density at radius 1 is 0.923 bits per heavy atom. The molecule has 0 radical (unpaired) electrons. The van der Waals surface area contributed by atoms with Crippen LogP contribution in [-0.4, -0.2) is 50.0 Å². The van der Waals surface area contributed by atoms with E-state index >= 15 is 0 Å². The molecule has 39 heavy (non-hydrogen) atoms. The van der Waals surface area contributed by atoms with Crippen molar-refractivity contribution in [3.63, 3.8) is 0 Å². The summed E-state index contributed by atoms with van der Waals surface area (Å²) < 4.78 is 26.9. The molecule has 0 unspecified atom stereocenters. The van der Waals surface area contributed by atoms with Crippen molar-refractivity contribution in [2.45, 2.75) is 52.7 Å². The van der Waals surface area contributed by atoms with Crippen molar-refractivity contribution in [1.29, 1.82) is 0 Å². The van der Waals surface area contributed by atoms with Gasteiger partial charge < -0.3 is 10.2 Å². The van der Waals surface area contributed by atoms with Crippen LogP contribution in [0, 0.1) is 13.8 Å². The third-order valence-corrected chi connectivity index (χ3v) is 7.68. The molecule has 1 N–H and O–H groups in total. The number of carbonyl (C=O) groups is 2. The van der Waals surface area contributed by atoms with Gasteiger partial charge in [0.2, 0.25) is 21.8 Å². The van der Waals surface area contributed by atoms with Gasteiger partial charge >= 0.3 is 0 Å². The summed E-state index contributed by atoms with van der Waals surface area (Å²) in [6.45, 7) is 7.01. The van der Waals surface area contributed by atoms with Gasteiger partial charge in [-0.2, -0.15) is 0 Å². The molecule has 0 aromatic heterocycles. The van der Waals surface area contributed by atoms with E-state index in [4.69, 9.17) is 11.6 Å². The first-order valence-electron chi connectivity index (χ1n) is 12.8. The minimum absolute atomic E-state index is 0.0337. The van der Waals surface area contributed by atoms with Crippen LogP contribution >= 0.6 is 11.6 Å². The standard InChI is InChI=1S/C30H36ClN3O4S/c1-21(2)32-30(36)28(18-24-11-7-6-8-12-24)33(19-25-13-9-10-14-27(25)31)29(35)20-34(39(5,37)38)26-16-22(3)15-23(4)17-26/h6-17,21,28H,18-20H2,1-5H3,(H,32,36)/t28-/m0/s1. The van der Waals surface area contributed by atoms with Gasteiger partial charge in [0.05, 0.1) is 11.9 Å². The van der Waals surface area contributed by atoms with Crippen LogP contribution in [0.25, 0.3) is 0 Å². The summed E-state index contributed by atoms with van der Waals surface area (Å²) in [6, 6.07) is 20.9. The summed E-state index contributed by atoms with van der Waals surface area (Å²) in [5, 5.41) is 3.38. The maximum Gasteiger partial charge on any atom is 0.244 e. The molecule has 0 aliphatic carbocycles. The van der Waals surface area contributed by atoms with Crippen LogP contribution in [0.3, 0.4) is 0 Å². The fraction of sp³-hybridized carbons (Fsp3) is 0.333. The lowest BCUT2D eigenvalue weighted by Crippen LogP contribution is -2.54. The summed E-state index contributed by atoms with van der Waals surface area (Å²) >= 11 is 6.47. The Morgan fingerprint density at radius 2 is 1.51 bits per heavy atom. The number of benzene rings is 3. The molecule has 0 aliphatic rings. The van der Waals surface area contributed by atoms with Crippen LogP contribution in [-0.2, 0) is 32.6 Å². The predicted molar refractivity (Wildman–Crippen MR) is 157 cm³/mol. The van der Waals surface area contributed by atoms with Gasteiger partial charge in [-0.3, -0.25) is 13.9 Å². The summed E-state index contributed by atoms with van der Waals surface area (Å²) in [4.78, 5) is 29.1. The molecular weight excluding hydrogens is 534 g/mol. The third kappa shape index (κ3) is 8.57. The van der Waals surface area contributed by atoms with Crippen molar-refractivity contribution in [1.82, 2.24) is 10.2 Å². The Bertz CT molecular complexity index is 1390. The van der Waals surface area contributed by atoms with Crippen molar-refractivity contribution in [3.8, 4) is 0 Å². The highest BCUT2D eigenvalue weighted by Crippen LogP contribution is 2.24. The lowest BCUT2D eigenvalue weighted by molar-refractivity contribution is -0.140. The van der Waals surface area contributed by atoms with Crippen LogP contribution in [0.15, 0.2) is 72.8 Å². The normalized spacial score (nSPS) is 12.2. The van der Waals surface area contributed by atoms with E-state index in [2.05, 4.69) is 5.32 Å². The Kier molecular flexibility index (Phi) is 10.2. The number of rotatable bonds is 11. The molecule has 7 nitrogen and oxygen atoms in total. The molecule has 0 fully saturated rings. The van der Waals surface area contributed by atoms with Gasteiger partial charge in [0.15, 0.2) is 0 Å². The first-order chi connectivity index (χ1) is 18.3. The third-order valence-electron chi connectivity index (χ3n) is 6.17. The number of nitrogens with zero attached hydrogens (tertiary/aromatic N) is 2. The smallest absolute Gasteiger partial charge is 0.244 e. The maximum absolute atomic E-state index is 14.1. The van der Waals surface area contributed by atoms with E-state index in [-0.39, 0.29) is 24.9 Å². The molecule has 3 rings (SSSR count). The molecular formula is C30H36ClN3O4S. The topological polar surface area (TPSA) is 86.8 Å². The van der Waals surface area contributed by atoms with Gasteiger partial charge in [0.1, 0.15) is 12.6 Å². The molecule has 0 aliphatic heterocycles. The molecule has 0 bridgehead atoms. The van der Waals surface area contributed by atoms with Gasteiger partial charge in [-0.25, -0.2) is 8.42 Å². The van der Waals surface area contributed by atoms with E-state index in [0.717, 1.165) is 27.3 Å². The van der Waals surface area contributed by atoms with Gasteiger partial charge in [0, 0.05) is 24.0 Å². The second-order valence-corrected chi connectivity index (χ2v) is 12.4. The quantitative estimate of drug-likeness (QED) is 0.356. The van der Waals surface area contributed by atoms with Crippen LogP contribution in [0.4, 0.5) is 5.69 Å². The number of hydrogen-bond acceptors (Lipinski definition) is 4. The molecule has 3 aromatic rings. The highest BCUT2D eigenvalue weighted by Gasteiger charge is 2.33. The number of sulfonamides is 1. The van der Waals surface area contributed by atoms with E-state index in [1.54, 1.807) is 30.3 Å². The number of amides is 2. The van der Waals surface area contributed by atoms with Crippen LogP contribution in [0.5, 0.6) is 0 Å². The number of hydrogen-bond donors (Lipinski definition) is 1. The number of halogens is 1. The van der Waals surface area contributed by atoms with Gasteiger partial charge in [-0.1, -0.05) is 66.2 Å². The molecule has 0 saturated carbocycles. The van der Waals surface area contributed by atoms with E-state index < -0.39 is 28.5 Å². The second kappa shape index (κ2) is 13.1. The molecule has 0 spiro atoms. The Balaban J connectivity index is 2.08. The minimum Gasteiger partial charge on any atom is -0.352 e. The van der Waals surface area contributed by atoms with Crippen molar-refractivity contribution >= 4 is 39.1 Å². The fourth-order valence-corrected chi connectivity index (χ4v) is 5.48. The summed E-state index contributed by atoms with van der Waals surface area (Å²) in [5.74, 6) is -0.842. The van der Waals surface area contributed by atoms with Crippen LogP contribution in [0.1, 0.15) is 36.1 Å². The van der Waals surface area contributed by atoms with Crippen LogP contribution < -0.4 is 9.62 Å². The van der Waals surface area contributed by atoms with Gasteiger partial charge in [0.25, 0.3) is 0 Å². The molecule has 208 valence electrons. The highest BCUT2D eigenvalue weighted by molar-refractivity contribution is 7.92. The van der Waals surface area contributed by atoms with Gasteiger partial charge in [-0.05, 0) is 68.1 Å². The summed E-state index contributed by atoms with van der Waals surface area (Å²) in [5.41, 5.74) is 3.66. The number of anilines is 1. The highest BCUT2D eigenvalue weighted by atomic mass is 35.5. The largest absolute Gasteiger partial charge is 0.352 e. The average molecular weight is 570 g/mol. The molecule has 3 aromatic carbocycles. The zero-order valence-corrected chi connectivity index (χ0v) is 24.6. The van der Waals surface area contributed by atoms with E-state index in [1.165, 1.54) is 4.90 Å². The fourth-order valence-electron chi connectivity index (χ4n) is 4.45. The number of aryl methyl sites for hydroxylation is 2. The first-order valence-corrected chi connectivity index (χ1v) is 15.0. The molecule has 1 atom stereocenters. The monoisotopic (exact) mass is 569 g/mol. The SMILES string of the molecule is Cc1cc(C)cc(N(CC(=O)N(Cc2ccccc2Cl)[C@@H](Cc2ccccc2)C(=O)NC(C)C)S(C)(=O)=O)c1. The summed E-state index contributed by atoms with van der Waals surface area (Å²) in [6.07, 6.45) is 1.32. The Hall–Kier alpha value is -3.36. The van der Waals surface area contributed by atoms with Crippen molar-refractivity contribution in [3.05, 3.63) is 100 Å². The molecule has 0 heterocycles. The average Bonchev–Trinajstić information content (AvgIpc) is 2.84. The zero-order valence-electron chi connectivity index (χ0n) is 23.0. The number of carbonyl (C=O) groups excluding carboxylic acids is 2. The van der Waals surface area contributed by atoms with E-state index in [0.29, 0.717) is 16.3 Å². The van der Waals surface area contributed by atoms with Crippen molar-refractivity contribution in [2.75, 3.05) is 17.1 Å². The van der Waals surface area contributed by atoms with Crippen molar-refractivity contribution in [2.24, 2.45) is 0 Å². The van der Waals surface area contributed by atoms with Crippen LogP contribution in [0.2, 0.25) is 5.02 Å². The van der Waals surface area contributed by atoms with Crippen molar-refractivity contribution < 1.29 is 18.0 Å². The molecule has 2 amide bonds. The molecule has 0 saturated heterocycles. The van der Waals surface area contributed by atoms with E-state index in [9.17, 15) is 18.0 Å². The molecule has 9 heteroatoms.